The number of halogens is 1. The monoisotopic (exact) mass is 305 g/mol. The lowest BCUT2D eigenvalue weighted by molar-refractivity contribution is 0.0693. The van der Waals surface area contributed by atoms with Crippen molar-refractivity contribution in [3.05, 3.63) is 29.1 Å². The van der Waals surface area contributed by atoms with Crippen LogP contribution in [0.25, 0.3) is 0 Å². The van der Waals surface area contributed by atoms with E-state index in [9.17, 15) is 17.6 Å². The number of hydrogen-bond donors (Lipinski definition) is 2. The zero-order valence-corrected chi connectivity index (χ0v) is 12.1. The van der Waals surface area contributed by atoms with Gasteiger partial charge < -0.3 is 9.84 Å². The Morgan fingerprint density at radius 1 is 1.50 bits per heavy atom. The number of carboxylic acids is 1. The third kappa shape index (κ3) is 4.17. The fraction of sp³-hybridized carbons (Fsp3) is 0.417. The highest BCUT2D eigenvalue weighted by molar-refractivity contribution is 7.92. The number of hydrogen-bond acceptors (Lipinski definition) is 4. The number of aryl methyl sites for hydroxylation is 1. The molecule has 0 aromatic heterocycles. The maximum absolute atomic E-state index is 13.6. The molecule has 0 saturated heterocycles. The second-order valence-corrected chi connectivity index (χ2v) is 6.17. The third-order valence-corrected chi connectivity index (χ3v) is 4.01. The summed E-state index contributed by atoms with van der Waals surface area (Å²) in [4.78, 5) is 11.0. The van der Waals surface area contributed by atoms with Gasteiger partial charge in [-0.15, -0.1) is 0 Å². The maximum Gasteiger partial charge on any atom is 0.340 e. The second-order valence-electron chi connectivity index (χ2n) is 4.40. The van der Waals surface area contributed by atoms with E-state index in [-0.39, 0.29) is 11.4 Å². The Labute approximate surface area is 116 Å². The molecule has 6 nitrogen and oxygen atoms in total. The van der Waals surface area contributed by atoms with Crippen LogP contribution in [0.15, 0.2) is 12.1 Å². The molecule has 0 fully saturated rings. The summed E-state index contributed by atoms with van der Waals surface area (Å²) in [5.74, 6) is -2.90. The predicted octanol–water partition coefficient (Wildman–Crippen LogP) is 1.61. The molecule has 0 aliphatic rings. The van der Waals surface area contributed by atoms with Gasteiger partial charge in [-0.2, -0.15) is 0 Å². The van der Waals surface area contributed by atoms with Crippen LogP contribution >= 0.6 is 0 Å². The maximum atomic E-state index is 13.6. The van der Waals surface area contributed by atoms with E-state index in [4.69, 9.17) is 9.84 Å². The molecule has 0 bridgehead atoms. The van der Waals surface area contributed by atoms with Crippen molar-refractivity contribution in [3.63, 3.8) is 0 Å². The molecule has 1 unspecified atom stereocenters. The first kappa shape index (κ1) is 16.4. The molecule has 1 rings (SSSR count). The molecule has 1 atom stereocenters. The Kier molecular flexibility index (Phi) is 5.07. The molecule has 0 spiro atoms. The summed E-state index contributed by atoms with van der Waals surface area (Å²) >= 11 is 0. The van der Waals surface area contributed by atoms with Gasteiger partial charge in [0.2, 0.25) is 10.0 Å². The van der Waals surface area contributed by atoms with Gasteiger partial charge in [0.05, 0.1) is 17.5 Å². The Morgan fingerprint density at radius 3 is 2.60 bits per heavy atom. The number of nitrogens with one attached hydrogen (secondary N) is 1. The zero-order chi connectivity index (χ0) is 15.5. The quantitative estimate of drug-likeness (QED) is 0.833. The summed E-state index contributed by atoms with van der Waals surface area (Å²) in [6.07, 6.45) is -0.574. The summed E-state index contributed by atoms with van der Waals surface area (Å²) in [5, 5.41) is 8.96. The van der Waals surface area contributed by atoms with E-state index in [0.29, 0.717) is 5.56 Å². The van der Waals surface area contributed by atoms with Gasteiger partial charge in [-0.05, 0) is 31.5 Å². The van der Waals surface area contributed by atoms with Crippen LogP contribution in [0.1, 0.15) is 22.8 Å². The van der Waals surface area contributed by atoms with Gasteiger partial charge >= 0.3 is 5.97 Å². The highest BCUT2D eigenvalue weighted by atomic mass is 32.2. The number of ether oxygens (including phenoxy) is 1. The van der Waals surface area contributed by atoms with Crippen LogP contribution in [-0.4, -0.2) is 38.5 Å². The molecule has 1 aromatic carbocycles. The molecular formula is C12H16FNO5S. The van der Waals surface area contributed by atoms with Crippen molar-refractivity contribution >= 4 is 21.7 Å². The third-order valence-electron chi connectivity index (χ3n) is 2.57. The molecule has 8 heteroatoms. The van der Waals surface area contributed by atoms with Crippen LogP contribution < -0.4 is 4.72 Å². The van der Waals surface area contributed by atoms with E-state index in [2.05, 4.69) is 4.72 Å². The number of sulfonamides is 1. The lowest BCUT2D eigenvalue weighted by Gasteiger charge is -2.14. The first-order valence-electron chi connectivity index (χ1n) is 5.73. The average molecular weight is 305 g/mol. The number of carboxylic acid groups (broad SMARTS) is 1. The van der Waals surface area contributed by atoms with E-state index in [1.54, 1.807) is 6.92 Å². The minimum atomic E-state index is -3.84. The number of anilines is 1. The lowest BCUT2D eigenvalue weighted by atomic mass is 10.1. The largest absolute Gasteiger partial charge is 0.478 e. The smallest absolute Gasteiger partial charge is 0.340 e. The van der Waals surface area contributed by atoms with Crippen molar-refractivity contribution in [3.8, 4) is 0 Å². The van der Waals surface area contributed by atoms with Crippen molar-refractivity contribution in [1.82, 2.24) is 0 Å². The fourth-order valence-corrected chi connectivity index (χ4v) is 2.96. The molecule has 2 N–H and O–H groups in total. The van der Waals surface area contributed by atoms with Crippen molar-refractivity contribution in [1.29, 1.82) is 0 Å². The molecule has 0 heterocycles. The molecular weight excluding hydrogens is 289 g/mol. The van der Waals surface area contributed by atoms with Gasteiger partial charge in [0.1, 0.15) is 11.4 Å². The summed E-state index contributed by atoms with van der Waals surface area (Å²) in [7, 11) is -2.48. The van der Waals surface area contributed by atoms with Crippen molar-refractivity contribution in [2.24, 2.45) is 0 Å². The molecule has 0 aliphatic heterocycles. The number of benzene rings is 1. The van der Waals surface area contributed by atoms with Crippen LogP contribution in [0.2, 0.25) is 0 Å². The summed E-state index contributed by atoms with van der Waals surface area (Å²) in [6, 6.07) is 2.29. The molecule has 1 aromatic rings. The van der Waals surface area contributed by atoms with Crippen molar-refractivity contribution in [2.45, 2.75) is 20.0 Å². The Hall–Kier alpha value is -1.67. The fourth-order valence-electron chi connectivity index (χ4n) is 1.63. The van der Waals surface area contributed by atoms with Gasteiger partial charge in [-0.25, -0.2) is 17.6 Å². The van der Waals surface area contributed by atoms with E-state index in [0.717, 1.165) is 6.07 Å². The summed E-state index contributed by atoms with van der Waals surface area (Å²) in [6.45, 7) is 3.08. The minimum Gasteiger partial charge on any atom is -0.478 e. The van der Waals surface area contributed by atoms with Crippen LogP contribution in [0, 0.1) is 12.7 Å². The molecule has 0 saturated carbocycles. The first-order chi connectivity index (χ1) is 9.16. The number of carbonyl (C=O) groups is 1. The highest BCUT2D eigenvalue weighted by Crippen LogP contribution is 2.23. The van der Waals surface area contributed by atoms with Crippen LogP contribution in [0.5, 0.6) is 0 Å². The standard InChI is InChI=1S/C12H16FNO5S/c1-7-4-9(13)11(12(15)16)10(5-7)14-20(17,18)6-8(2)19-3/h4-5,8,14H,6H2,1-3H3,(H,15,16). The van der Waals surface area contributed by atoms with Crippen LogP contribution in [-0.2, 0) is 14.8 Å². The summed E-state index contributed by atoms with van der Waals surface area (Å²) in [5.41, 5.74) is -0.590. The number of methoxy groups -OCH3 is 1. The van der Waals surface area contributed by atoms with Gasteiger partial charge in [0.15, 0.2) is 0 Å². The topological polar surface area (TPSA) is 92.7 Å². The highest BCUT2D eigenvalue weighted by Gasteiger charge is 2.22. The SMILES string of the molecule is COC(C)CS(=O)(=O)Nc1cc(C)cc(F)c1C(=O)O. The predicted molar refractivity (Wildman–Crippen MR) is 72.0 cm³/mol. The second kappa shape index (κ2) is 6.19. The Bertz CT molecular complexity index is 615. The van der Waals surface area contributed by atoms with Gasteiger partial charge in [-0.3, -0.25) is 4.72 Å². The molecule has 20 heavy (non-hydrogen) atoms. The average Bonchev–Trinajstić information content (AvgIpc) is 2.25. The first-order valence-corrected chi connectivity index (χ1v) is 7.38. The molecule has 0 amide bonds. The van der Waals surface area contributed by atoms with Crippen molar-refractivity contribution < 1.29 is 27.4 Å². The van der Waals surface area contributed by atoms with E-state index in [1.165, 1.54) is 20.1 Å². The molecule has 0 radical (unpaired) electrons. The molecule has 112 valence electrons. The van der Waals surface area contributed by atoms with Crippen LogP contribution in [0.3, 0.4) is 0 Å². The van der Waals surface area contributed by atoms with Crippen molar-refractivity contribution in [2.75, 3.05) is 17.6 Å². The van der Waals surface area contributed by atoms with Gasteiger partial charge in [0, 0.05) is 7.11 Å². The van der Waals surface area contributed by atoms with Crippen LogP contribution in [0.4, 0.5) is 10.1 Å². The zero-order valence-electron chi connectivity index (χ0n) is 11.3. The minimum absolute atomic E-state index is 0.293. The van der Waals surface area contributed by atoms with Gasteiger partial charge in [-0.1, -0.05) is 0 Å². The van der Waals surface area contributed by atoms with E-state index in [1.807, 2.05) is 0 Å². The van der Waals surface area contributed by atoms with E-state index >= 15 is 0 Å². The molecule has 0 aliphatic carbocycles. The summed E-state index contributed by atoms with van der Waals surface area (Å²) < 4.78 is 44.3. The van der Waals surface area contributed by atoms with Gasteiger partial charge in [0.25, 0.3) is 0 Å². The number of rotatable bonds is 6. The Morgan fingerprint density at radius 2 is 2.10 bits per heavy atom. The normalized spacial score (nSPS) is 13.0. The lowest BCUT2D eigenvalue weighted by Crippen LogP contribution is -2.26. The Balaban J connectivity index is 3.18. The number of aromatic carboxylic acids is 1. The van der Waals surface area contributed by atoms with E-state index < -0.39 is 33.5 Å².